The number of rotatable bonds is 9. The second kappa shape index (κ2) is 9.84. The summed E-state index contributed by atoms with van der Waals surface area (Å²) in [6, 6.07) is 12.9. The van der Waals surface area contributed by atoms with Crippen LogP contribution in [-0.4, -0.2) is 34.4 Å². The fourth-order valence-electron chi connectivity index (χ4n) is 5.59. The van der Waals surface area contributed by atoms with Crippen molar-refractivity contribution in [1.82, 2.24) is 20.0 Å². The van der Waals surface area contributed by atoms with Crippen molar-refractivity contribution in [2.45, 2.75) is 56.9 Å². The summed E-state index contributed by atoms with van der Waals surface area (Å²) in [5.41, 5.74) is 3.57. The molecule has 2 fully saturated rings. The van der Waals surface area contributed by atoms with E-state index in [-0.39, 0.29) is 11.2 Å². The van der Waals surface area contributed by atoms with Crippen LogP contribution in [0.3, 0.4) is 0 Å². The van der Waals surface area contributed by atoms with E-state index in [4.69, 9.17) is 11.6 Å². The van der Waals surface area contributed by atoms with Gasteiger partial charge in [0.25, 0.3) is 0 Å². The molecule has 0 amide bonds. The molecule has 2 aliphatic carbocycles. The van der Waals surface area contributed by atoms with Crippen LogP contribution in [0.15, 0.2) is 48.8 Å². The molecule has 0 aliphatic heterocycles. The van der Waals surface area contributed by atoms with Gasteiger partial charge in [-0.2, -0.15) is 5.26 Å². The average molecular weight is 542 g/mol. The van der Waals surface area contributed by atoms with E-state index in [1.54, 1.807) is 18.3 Å². The maximum atomic E-state index is 13.9. The zero-order valence-corrected chi connectivity index (χ0v) is 22.9. The maximum absolute atomic E-state index is 13.9. The summed E-state index contributed by atoms with van der Waals surface area (Å²) in [6.45, 7) is 3.02. The first-order valence-electron chi connectivity index (χ1n) is 13.6. The molecule has 0 saturated heterocycles. The molecule has 2 aliphatic rings. The van der Waals surface area contributed by atoms with Crippen molar-refractivity contribution in [2.24, 2.45) is 5.41 Å². The number of nitrogens with zero attached hydrogens (tertiary/aromatic N) is 5. The zero-order valence-electron chi connectivity index (χ0n) is 22.1. The van der Waals surface area contributed by atoms with Crippen molar-refractivity contribution in [1.29, 1.82) is 5.26 Å². The highest BCUT2D eigenvalue weighted by Gasteiger charge is 2.36. The number of anilines is 2. The Kier molecular flexibility index (Phi) is 6.46. The van der Waals surface area contributed by atoms with Gasteiger partial charge in [-0.05, 0) is 67.3 Å². The van der Waals surface area contributed by atoms with E-state index < -0.39 is 5.44 Å². The normalized spacial score (nSPS) is 17.7. The molecule has 10 heteroatoms. The smallest absolute Gasteiger partial charge is 0.148 e. The minimum absolute atomic E-state index is 0.260. The minimum Gasteiger partial charge on any atom is -0.383 e. The molecule has 1 atom stereocenters. The molecule has 4 aromatic rings. The van der Waals surface area contributed by atoms with E-state index in [0.717, 1.165) is 48.1 Å². The van der Waals surface area contributed by atoms with Crippen LogP contribution in [0.25, 0.3) is 10.9 Å². The number of fused-ring (bicyclic) bond motifs is 1. The van der Waals surface area contributed by atoms with E-state index in [0.29, 0.717) is 27.8 Å². The van der Waals surface area contributed by atoms with Crippen LogP contribution < -0.4 is 10.6 Å². The van der Waals surface area contributed by atoms with Crippen LogP contribution in [0.1, 0.15) is 68.3 Å². The Labute approximate surface area is 233 Å². The molecule has 2 aromatic carbocycles. The first-order chi connectivity index (χ1) is 18.8. The van der Waals surface area contributed by atoms with E-state index in [2.05, 4.69) is 38.9 Å². The fraction of sp³-hybridized carbons (Fsp3) is 0.379. The summed E-state index contributed by atoms with van der Waals surface area (Å²) >= 11 is 6.79. The molecule has 0 bridgehead atoms. The number of hydrogen-bond acceptors (Lipinski definition) is 6. The van der Waals surface area contributed by atoms with Crippen LogP contribution in [0.4, 0.5) is 15.8 Å². The number of aromatic nitrogens is 4. The van der Waals surface area contributed by atoms with Crippen molar-refractivity contribution in [3.8, 4) is 6.07 Å². The molecule has 0 spiro atoms. The molecule has 0 radical (unpaired) electrons. The summed E-state index contributed by atoms with van der Waals surface area (Å²) in [6.07, 6.45) is 10.4. The Bertz CT molecular complexity index is 1570. The number of halogens is 2. The van der Waals surface area contributed by atoms with E-state index >= 15 is 0 Å². The van der Waals surface area contributed by atoms with E-state index in [9.17, 15) is 9.65 Å². The van der Waals surface area contributed by atoms with Crippen molar-refractivity contribution >= 4 is 41.7 Å². The van der Waals surface area contributed by atoms with Gasteiger partial charge in [0.2, 0.25) is 0 Å². The standard InChI is InChI=1S/C29H30BClFN7/c1-2-28(10-3-11-28)17-35-26-18(14-33)15-34-27-23(26)12-21(13-24(27)31)36-29(30,19-4-6-20(32)7-5-19)25-16-39(38-37-25)22-8-9-22/h4-7,12-13,15-16,22,36H,2-3,8-11,17,30H2,1H3,(H,34,35). The van der Waals surface area contributed by atoms with E-state index in [1.807, 2.05) is 30.9 Å². The average Bonchev–Trinajstić information content (AvgIpc) is 3.64. The Morgan fingerprint density at radius 1 is 1.26 bits per heavy atom. The highest BCUT2D eigenvalue weighted by Crippen LogP contribution is 2.45. The molecular formula is C29H30BClFN7. The number of benzene rings is 2. The molecule has 1 unspecified atom stereocenters. The summed E-state index contributed by atoms with van der Waals surface area (Å²) in [7, 11) is 2.00. The van der Waals surface area contributed by atoms with Gasteiger partial charge in [-0.25, -0.2) is 9.07 Å². The van der Waals surface area contributed by atoms with Crippen molar-refractivity contribution < 1.29 is 4.39 Å². The highest BCUT2D eigenvalue weighted by atomic mass is 35.5. The van der Waals surface area contributed by atoms with Crippen molar-refractivity contribution in [2.75, 3.05) is 17.2 Å². The van der Waals surface area contributed by atoms with Crippen LogP contribution in [-0.2, 0) is 5.44 Å². The molecule has 39 heavy (non-hydrogen) atoms. The van der Waals surface area contributed by atoms with Gasteiger partial charge in [0.1, 0.15) is 25.4 Å². The lowest BCUT2D eigenvalue weighted by molar-refractivity contribution is 0.145. The van der Waals surface area contributed by atoms with Gasteiger partial charge in [0, 0.05) is 23.8 Å². The quantitative estimate of drug-likeness (QED) is 0.262. The van der Waals surface area contributed by atoms with Crippen LogP contribution >= 0.6 is 11.6 Å². The minimum atomic E-state index is -0.829. The Morgan fingerprint density at radius 3 is 2.67 bits per heavy atom. The maximum Gasteiger partial charge on any atom is 0.148 e. The van der Waals surface area contributed by atoms with Gasteiger partial charge in [-0.15, -0.1) is 5.10 Å². The summed E-state index contributed by atoms with van der Waals surface area (Å²) < 4.78 is 15.8. The van der Waals surface area contributed by atoms with Gasteiger partial charge in [-0.1, -0.05) is 42.3 Å². The fourth-order valence-corrected chi connectivity index (χ4v) is 5.86. The summed E-state index contributed by atoms with van der Waals surface area (Å²) in [5.74, 6) is -0.307. The summed E-state index contributed by atoms with van der Waals surface area (Å²) in [5, 5.41) is 27.3. The van der Waals surface area contributed by atoms with Gasteiger partial charge in [0.15, 0.2) is 0 Å². The molecule has 6 rings (SSSR count). The van der Waals surface area contributed by atoms with Gasteiger partial charge in [0.05, 0.1) is 39.5 Å². The molecule has 198 valence electrons. The molecule has 2 saturated carbocycles. The number of pyridine rings is 1. The third-order valence-electron chi connectivity index (χ3n) is 8.61. The zero-order chi connectivity index (χ0) is 27.2. The van der Waals surface area contributed by atoms with Crippen LogP contribution in [0.2, 0.25) is 5.02 Å². The number of hydrogen-bond donors (Lipinski definition) is 2. The van der Waals surface area contributed by atoms with E-state index in [1.165, 1.54) is 31.4 Å². The Hall–Kier alpha value is -3.64. The number of nitrogens with one attached hydrogen (secondary N) is 2. The predicted octanol–water partition coefficient (Wildman–Crippen LogP) is 5.76. The SMILES string of the molecule is BC(Nc1cc(Cl)c2ncc(C#N)c(NCC3(CC)CCC3)c2c1)(c1ccc(F)cc1)c1cn(C2CC2)nn1. The van der Waals surface area contributed by atoms with Gasteiger partial charge >= 0.3 is 0 Å². The molecule has 2 N–H and O–H groups in total. The van der Waals surface area contributed by atoms with Crippen LogP contribution in [0, 0.1) is 22.6 Å². The predicted molar refractivity (Wildman–Crippen MR) is 154 cm³/mol. The third kappa shape index (κ3) is 4.72. The summed E-state index contributed by atoms with van der Waals surface area (Å²) in [4.78, 5) is 4.51. The molecule has 2 aromatic heterocycles. The third-order valence-corrected chi connectivity index (χ3v) is 8.90. The van der Waals surface area contributed by atoms with Crippen molar-refractivity contribution in [3.05, 3.63) is 76.5 Å². The molecule has 7 nitrogen and oxygen atoms in total. The topological polar surface area (TPSA) is 91.5 Å². The molecular weight excluding hydrogens is 512 g/mol. The lowest BCUT2D eigenvalue weighted by atomic mass is 9.67. The Balaban J connectivity index is 1.43. The highest BCUT2D eigenvalue weighted by molar-refractivity contribution is 6.36. The van der Waals surface area contributed by atoms with Crippen LogP contribution in [0.5, 0.6) is 0 Å². The largest absolute Gasteiger partial charge is 0.383 e. The van der Waals surface area contributed by atoms with Gasteiger partial charge in [-0.3, -0.25) is 4.98 Å². The monoisotopic (exact) mass is 541 g/mol. The Morgan fingerprint density at radius 2 is 2.03 bits per heavy atom. The lowest BCUT2D eigenvalue weighted by Gasteiger charge is -2.41. The van der Waals surface area contributed by atoms with Crippen molar-refractivity contribution in [3.63, 3.8) is 0 Å². The first-order valence-corrected chi connectivity index (χ1v) is 13.9. The number of nitriles is 1. The second-order valence-corrected chi connectivity index (χ2v) is 11.6. The first kappa shape index (κ1) is 25.6. The second-order valence-electron chi connectivity index (χ2n) is 11.1. The van der Waals surface area contributed by atoms with Gasteiger partial charge < -0.3 is 10.6 Å². The lowest BCUT2D eigenvalue weighted by Crippen LogP contribution is -2.38. The molecule has 2 heterocycles.